The van der Waals surface area contributed by atoms with Gasteiger partial charge < -0.3 is 10.1 Å². The van der Waals surface area contributed by atoms with E-state index in [1.54, 1.807) is 23.5 Å². The molecular formula is C23H18Br2N2O2S. The number of halogens is 2. The van der Waals surface area contributed by atoms with Crippen molar-refractivity contribution in [2.24, 2.45) is 0 Å². The van der Waals surface area contributed by atoms with Gasteiger partial charge in [0.15, 0.2) is 0 Å². The van der Waals surface area contributed by atoms with Crippen LogP contribution in [0.25, 0.3) is 20.8 Å². The number of hydrogen-bond acceptors (Lipinski definition) is 4. The second-order valence-electron chi connectivity index (χ2n) is 6.62. The molecule has 0 bridgehead atoms. The Morgan fingerprint density at radius 2 is 1.87 bits per heavy atom. The van der Waals surface area contributed by atoms with E-state index in [4.69, 9.17) is 9.72 Å². The van der Waals surface area contributed by atoms with Crippen LogP contribution >= 0.6 is 43.2 Å². The Labute approximate surface area is 195 Å². The standard InChI is InChI=1S/C23H18Br2N2O2S/c1-2-11-29-16-9-7-14(8-10-16)22(28)27-21-17(12-15(24)13-18(21)25)23-26-19-5-3-4-6-20(19)30-23/h3-10,12-13H,2,11H2,1H3,(H,27,28). The zero-order valence-electron chi connectivity index (χ0n) is 16.1. The lowest BCUT2D eigenvalue weighted by atomic mass is 10.1. The Bertz CT molecular complexity index is 1170. The number of rotatable bonds is 6. The van der Waals surface area contributed by atoms with Crippen LogP contribution in [-0.2, 0) is 0 Å². The second kappa shape index (κ2) is 9.29. The van der Waals surface area contributed by atoms with Crippen LogP contribution in [-0.4, -0.2) is 17.5 Å². The van der Waals surface area contributed by atoms with Crippen molar-refractivity contribution in [2.75, 3.05) is 11.9 Å². The molecule has 1 N–H and O–H groups in total. The maximum absolute atomic E-state index is 12.9. The van der Waals surface area contributed by atoms with E-state index in [0.29, 0.717) is 17.9 Å². The van der Waals surface area contributed by atoms with Crippen molar-refractivity contribution in [1.29, 1.82) is 0 Å². The molecule has 0 radical (unpaired) electrons. The summed E-state index contributed by atoms with van der Waals surface area (Å²) in [6.07, 6.45) is 0.939. The predicted octanol–water partition coefficient (Wildman–Crippen LogP) is 7.53. The molecule has 0 fully saturated rings. The lowest BCUT2D eigenvalue weighted by Crippen LogP contribution is -2.13. The van der Waals surface area contributed by atoms with Crippen molar-refractivity contribution in [3.05, 3.63) is 75.2 Å². The molecule has 0 unspecified atom stereocenters. The number of nitrogens with one attached hydrogen (secondary N) is 1. The minimum absolute atomic E-state index is 0.192. The van der Waals surface area contributed by atoms with E-state index in [9.17, 15) is 4.79 Å². The van der Waals surface area contributed by atoms with Crippen molar-refractivity contribution in [3.8, 4) is 16.3 Å². The first-order valence-electron chi connectivity index (χ1n) is 9.44. The van der Waals surface area contributed by atoms with Crippen molar-refractivity contribution in [3.63, 3.8) is 0 Å². The minimum atomic E-state index is -0.192. The fraction of sp³-hybridized carbons (Fsp3) is 0.130. The van der Waals surface area contributed by atoms with Crippen LogP contribution in [0, 0.1) is 0 Å². The normalized spacial score (nSPS) is 10.9. The number of aromatic nitrogens is 1. The molecular weight excluding hydrogens is 528 g/mol. The van der Waals surface area contributed by atoms with Gasteiger partial charge >= 0.3 is 0 Å². The summed E-state index contributed by atoms with van der Waals surface area (Å²) >= 11 is 8.73. The maximum atomic E-state index is 12.9. The number of thiazole rings is 1. The molecule has 3 aromatic carbocycles. The van der Waals surface area contributed by atoms with Gasteiger partial charge in [-0.15, -0.1) is 11.3 Å². The summed E-state index contributed by atoms with van der Waals surface area (Å²) in [5.74, 6) is 0.566. The third-order valence-electron chi connectivity index (χ3n) is 4.41. The number of ether oxygens (including phenoxy) is 1. The molecule has 0 saturated carbocycles. The average Bonchev–Trinajstić information content (AvgIpc) is 3.18. The third-order valence-corrected chi connectivity index (χ3v) is 6.56. The van der Waals surface area contributed by atoms with Gasteiger partial charge in [0.05, 0.1) is 22.5 Å². The summed E-state index contributed by atoms with van der Waals surface area (Å²) in [7, 11) is 0. The van der Waals surface area contributed by atoms with Gasteiger partial charge in [-0.1, -0.05) is 35.0 Å². The number of nitrogens with zero attached hydrogens (tertiary/aromatic N) is 1. The van der Waals surface area contributed by atoms with Gasteiger partial charge in [-0.3, -0.25) is 4.79 Å². The zero-order chi connectivity index (χ0) is 21.1. The average molecular weight is 546 g/mol. The van der Waals surface area contributed by atoms with Crippen LogP contribution < -0.4 is 10.1 Å². The Morgan fingerprint density at radius 3 is 2.60 bits per heavy atom. The molecule has 4 aromatic rings. The quantitative estimate of drug-likeness (QED) is 0.272. The summed E-state index contributed by atoms with van der Waals surface area (Å²) in [5.41, 5.74) is 3.04. The topological polar surface area (TPSA) is 51.2 Å². The lowest BCUT2D eigenvalue weighted by Gasteiger charge is -2.13. The number of hydrogen-bond donors (Lipinski definition) is 1. The number of carbonyl (C=O) groups is 1. The molecule has 0 atom stereocenters. The van der Waals surface area contributed by atoms with E-state index in [1.165, 1.54) is 0 Å². The van der Waals surface area contributed by atoms with Gasteiger partial charge in [-0.2, -0.15) is 0 Å². The van der Waals surface area contributed by atoms with Gasteiger partial charge in [-0.05, 0) is 70.9 Å². The zero-order valence-corrected chi connectivity index (χ0v) is 20.1. The highest BCUT2D eigenvalue weighted by Crippen LogP contribution is 2.40. The van der Waals surface area contributed by atoms with Gasteiger partial charge in [0.2, 0.25) is 0 Å². The van der Waals surface area contributed by atoms with Gasteiger partial charge in [0, 0.05) is 20.1 Å². The molecule has 0 aliphatic carbocycles. The molecule has 7 heteroatoms. The number of benzene rings is 3. The first-order valence-corrected chi connectivity index (χ1v) is 11.8. The van der Waals surface area contributed by atoms with Crippen LogP contribution in [0.5, 0.6) is 5.75 Å². The number of anilines is 1. The van der Waals surface area contributed by atoms with E-state index in [-0.39, 0.29) is 5.91 Å². The summed E-state index contributed by atoms with van der Waals surface area (Å²) in [6.45, 7) is 2.71. The molecule has 0 aliphatic rings. The number of para-hydroxylation sites is 1. The lowest BCUT2D eigenvalue weighted by molar-refractivity contribution is 0.102. The highest BCUT2D eigenvalue weighted by atomic mass is 79.9. The van der Waals surface area contributed by atoms with Crippen LogP contribution in [0.4, 0.5) is 5.69 Å². The molecule has 152 valence electrons. The molecule has 1 aromatic heterocycles. The first kappa shape index (κ1) is 21.0. The van der Waals surface area contributed by atoms with Crippen molar-refractivity contribution >= 4 is 65.0 Å². The Kier molecular flexibility index (Phi) is 6.51. The smallest absolute Gasteiger partial charge is 0.255 e. The Balaban J connectivity index is 1.66. The monoisotopic (exact) mass is 544 g/mol. The molecule has 1 amide bonds. The Hall–Kier alpha value is -2.22. The number of fused-ring (bicyclic) bond motifs is 1. The highest BCUT2D eigenvalue weighted by molar-refractivity contribution is 9.11. The van der Waals surface area contributed by atoms with E-state index in [1.807, 2.05) is 48.5 Å². The SMILES string of the molecule is CCCOc1ccc(C(=O)Nc2c(Br)cc(Br)cc2-c2nc3ccccc3s2)cc1. The van der Waals surface area contributed by atoms with E-state index >= 15 is 0 Å². The van der Waals surface area contributed by atoms with Crippen LogP contribution in [0.1, 0.15) is 23.7 Å². The molecule has 0 saturated heterocycles. The van der Waals surface area contributed by atoms with E-state index in [2.05, 4.69) is 44.1 Å². The number of amides is 1. The summed E-state index contributed by atoms with van der Waals surface area (Å²) in [4.78, 5) is 17.7. The minimum Gasteiger partial charge on any atom is -0.494 e. The fourth-order valence-corrected chi connectivity index (χ4v) is 5.28. The summed E-state index contributed by atoms with van der Waals surface area (Å²) in [5, 5.41) is 3.89. The largest absolute Gasteiger partial charge is 0.494 e. The Morgan fingerprint density at radius 1 is 1.10 bits per heavy atom. The van der Waals surface area contributed by atoms with Crippen LogP contribution in [0.15, 0.2) is 69.6 Å². The number of carbonyl (C=O) groups excluding carboxylic acids is 1. The molecule has 4 rings (SSSR count). The third kappa shape index (κ3) is 4.58. The predicted molar refractivity (Wildman–Crippen MR) is 131 cm³/mol. The van der Waals surface area contributed by atoms with E-state index in [0.717, 1.165) is 41.9 Å². The van der Waals surface area contributed by atoms with Crippen LogP contribution in [0.2, 0.25) is 0 Å². The first-order chi connectivity index (χ1) is 14.5. The fourth-order valence-electron chi connectivity index (χ4n) is 2.96. The highest BCUT2D eigenvalue weighted by Gasteiger charge is 2.17. The molecule has 30 heavy (non-hydrogen) atoms. The van der Waals surface area contributed by atoms with E-state index < -0.39 is 0 Å². The van der Waals surface area contributed by atoms with Gasteiger partial charge in [-0.25, -0.2) is 4.98 Å². The maximum Gasteiger partial charge on any atom is 0.255 e. The van der Waals surface area contributed by atoms with Crippen molar-refractivity contribution in [1.82, 2.24) is 4.98 Å². The van der Waals surface area contributed by atoms with Crippen molar-refractivity contribution in [2.45, 2.75) is 13.3 Å². The molecule has 0 spiro atoms. The molecule has 1 heterocycles. The second-order valence-corrected chi connectivity index (χ2v) is 9.42. The van der Waals surface area contributed by atoms with Gasteiger partial charge in [0.25, 0.3) is 5.91 Å². The van der Waals surface area contributed by atoms with Crippen LogP contribution in [0.3, 0.4) is 0 Å². The summed E-state index contributed by atoms with van der Waals surface area (Å²) in [6, 6.07) is 19.1. The van der Waals surface area contributed by atoms with Gasteiger partial charge in [0.1, 0.15) is 10.8 Å². The summed E-state index contributed by atoms with van der Waals surface area (Å²) < 4.78 is 8.38. The molecule has 4 nitrogen and oxygen atoms in total. The van der Waals surface area contributed by atoms with Crippen molar-refractivity contribution < 1.29 is 9.53 Å². The molecule has 0 aliphatic heterocycles.